The number of nitrogens with one attached hydrogen (secondary N) is 1. The van der Waals surface area contributed by atoms with E-state index in [0.717, 1.165) is 25.9 Å². The third kappa shape index (κ3) is 4.64. The van der Waals surface area contributed by atoms with Crippen molar-refractivity contribution in [3.8, 4) is 0 Å². The number of hydrogen-bond donors (Lipinski definition) is 2. The Morgan fingerprint density at radius 1 is 1.60 bits per heavy atom. The Labute approximate surface area is 104 Å². The van der Waals surface area contributed by atoms with Crippen molar-refractivity contribution in [1.82, 2.24) is 5.32 Å². The normalized spacial score (nSPS) is 13.1. The van der Waals surface area contributed by atoms with Gasteiger partial charge in [-0.1, -0.05) is 6.92 Å². The summed E-state index contributed by atoms with van der Waals surface area (Å²) in [6, 6.07) is 2.16. The lowest BCUT2D eigenvalue weighted by molar-refractivity contribution is 0.160. The maximum absolute atomic E-state index is 9.36. The molecule has 0 aliphatic carbocycles. The monoisotopic (exact) mass is 291 g/mol. The molecule has 1 atom stereocenters. The summed E-state index contributed by atoms with van der Waals surface area (Å²) in [5.74, 6) is 0. The molecule has 4 heteroatoms. The van der Waals surface area contributed by atoms with Crippen LogP contribution in [-0.2, 0) is 6.54 Å². The lowest BCUT2D eigenvalue weighted by Gasteiger charge is -2.07. The summed E-state index contributed by atoms with van der Waals surface area (Å²) in [5, 5.41) is 12.7. The highest BCUT2D eigenvalue weighted by Gasteiger charge is 2.03. The summed E-state index contributed by atoms with van der Waals surface area (Å²) >= 11 is 5.31. The molecule has 1 unspecified atom stereocenters. The van der Waals surface area contributed by atoms with Gasteiger partial charge in [0.15, 0.2) is 0 Å². The highest BCUT2D eigenvalue weighted by molar-refractivity contribution is 9.10. The van der Waals surface area contributed by atoms with Gasteiger partial charge < -0.3 is 10.4 Å². The zero-order valence-electron chi connectivity index (χ0n) is 9.22. The largest absolute Gasteiger partial charge is 0.393 e. The molecule has 0 radical (unpaired) electrons. The predicted molar refractivity (Wildman–Crippen MR) is 69.4 cm³/mol. The second-order valence-electron chi connectivity index (χ2n) is 3.64. The first kappa shape index (κ1) is 13.2. The van der Waals surface area contributed by atoms with Crippen LogP contribution in [0, 0.1) is 6.92 Å². The molecule has 86 valence electrons. The molecule has 2 N–H and O–H groups in total. The van der Waals surface area contributed by atoms with Crippen molar-refractivity contribution in [2.45, 2.75) is 39.3 Å². The Morgan fingerprint density at radius 3 is 2.87 bits per heavy atom. The molecule has 1 heterocycles. The van der Waals surface area contributed by atoms with Crippen molar-refractivity contribution < 1.29 is 5.11 Å². The molecule has 0 saturated heterocycles. The zero-order chi connectivity index (χ0) is 11.3. The van der Waals surface area contributed by atoms with Gasteiger partial charge in [0.1, 0.15) is 0 Å². The van der Waals surface area contributed by atoms with E-state index in [1.54, 1.807) is 0 Å². The van der Waals surface area contributed by atoms with E-state index in [1.165, 1.54) is 14.2 Å². The second kappa shape index (κ2) is 6.63. The van der Waals surface area contributed by atoms with Gasteiger partial charge in [0, 0.05) is 20.8 Å². The number of aryl methyl sites for hydroxylation is 1. The summed E-state index contributed by atoms with van der Waals surface area (Å²) < 4.78 is 1.19. The summed E-state index contributed by atoms with van der Waals surface area (Å²) in [5.41, 5.74) is 0. The molecule has 0 aliphatic rings. The minimum absolute atomic E-state index is 0.158. The van der Waals surface area contributed by atoms with E-state index in [4.69, 9.17) is 0 Å². The average molecular weight is 292 g/mol. The summed E-state index contributed by atoms with van der Waals surface area (Å²) in [4.78, 5) is 2.66. The van der Waals surface area contributed by atoms with Crippen LogP contribution in [0.3, 0.4) is 0 Å². The third-order valence-corrected chi connectivity index (χ3v) is 4.47. The third-order valence-electron chi connectivity index (χ3n) is 2.33. The molecule has 15 heavy (non-hydrogen) atoms. The number of rotatable bonds is 6. The minimum atomic E-state index is -0.158. The lowest BCUT2D eigenvalue weighted by Crippen LogP contribution is -2.19. The topological polar surface area (TPSA) is 32.3 Å². The average Bonchev–Trinajstić information content (AvgIpc) is 2.53. The van der Waals surface area contributed by atoms with E-state index in [0.29, 0.717) is 0 Å². The standard InChI is InChI=1S/C11H18BrNOS/c1-3-9(14)4-5-13-7-10-6-11(12)8(2)15-10/h6,9,13-14H,3-5,7H2,1-2H3. The molecule has 1 rings (SSSR count). The number of hydrogen-bond acceptors (Lipinski definition) is 3. The van der Waals surface area contributed by atoms with Crippen LogP contribution in [0.2, 0.25) is 0 Å². The van der Waals surface area contributed by atoms with Gasteiger partial charge in [-0.3, -0.25) is 0 Å². The first-order valence-electron chi connectivity index (χ1n) is 5.27. The van der Waals surface area contributed by atoms with Crippen molar-refractivity contribution >= 4 is 27.3 Å². The fraction of sp³-hybridized carbons (Fsp3) is 0.636. The molecule has 0 bridgehead atoms. The van der Waals surface area contributed by atoms with Crippen molar-refractivity contribution in [3.05, 3.63) is 20.3 Å². The van der Waals surface area contributed by atoms with E-state index >= 15 is 0 Å². The van der Waals surface area contributed by atoms with Gasteiger partial charge in [-0.2, -0.15) is 0 Å². The lowest BCUT2D eigenvalue weighted by atomic mass is 10.2. The first-order valence-corrected chi connectivity index (χ1v) is 6.88. The van der Waals surface area contributed by atoms with Crippen LogP contribution in [0.1, 0.15) is 29.5 Å². The van der Waals surface area contributed by atoms with Crippen molar-refractivity contribution in [3.63, 3.8) is 0 Å². The summed E-state index contributed by atoms with van der Waals surface area (Å²) in [6.07, 6.45) is 1.52. The van der Waals surface area contributed by atoms with Gasteiger partial charge in [0.2, 0.25) is 0 Å². The molecule has 0 saturated carbocycles. The Hall–Kier alpha value is 0.1000. The van der Waals surface area contributed by atoms with E-state index in [9.17, 15) is 5.11 Å². The first-order chi connectivity index (χ1) is 7.13. The Bertz CT molecular complexity index is 281. The Balaban J connectivity index is 2.20. The molecular weight excluding hydrogens is 274 g/mol. The van der Waals surface area contributed by atoms with E-state index in [2.05, 4.69) is 34.2 Å². The van der Waals surface area contributed by atoms with Gasteiger partial charge in [-0.25, -0.2) is 0 Å². The van der Waals surface area contributed by atoms with Crippen molar-refractivity contribution in [2.24, 2.45) is 0 Å². The van der Waals surface area contributed by atoms with E-state index in [-0.39, 0.29) is 6.10 Å². The molecule has 0 fully saturated rings. The molecule has 0 aromatic carbocycles. The van der Waals surface area contributed by atoms with Gasteiger partial charge in [-0.15, -0.1) is 11.3 Å². The van der Waals surface area contributed by atoms with Gasteiger partial charge in [0.25, 0.3) is 0 Å². The molecular formula is C11H18BrNOS. The van der Waals surface area contributed by atoms with Crippen LogP contribution in [0.4, 0.5) is 0 Å². The minimum Gasteiger partial charge on any atom is -0.393 e. The highest BCUT2D eigenvalue weighted by atomic mass is 79.9. The maximum atomic E-state index is 9.36. The number of aliphatic hydroxyl groups excluding tert-OH is 1. The van der Waals surface area contributed by atoms with Crippen LogP contribution >= 0.6 is 27.3 Å². The molecule has 0 amide bonds. The second-order valence-corrected chi connectivity index (χ2v) is 5.84. The number of halogens is 1. The Kier molecular flexibility index (Phi) is 5.82. The molecule has 1 aromatic heterocycles. The smallest absolute Gasteiger partial charge is 0.0549 e. The van der Waals surface area contributed by atoms with Gasteiger partial charge >= 0.3 is 0 Å². The quantitative estimate of drug-likeness (QED) is 0.790. The number of aliphatic hydroxyl groups is 1. The fourth-order valence-electron chi connectivity index (χ4n) is 1.29. The van der Waals surface area contributed by atoms with E-state index in [1.807, 2.05) is 18.3 Å². The summed E-state index contributed by atoms with van der Waals surface area (Å²) in [7, 11) is 0. The van der Waals surface area contributed by atoms with E-state index < -0.39 is 0 Å². The van der Waals surface area contributed by atoms with Crippen LogP contribution in [0.25, 0.3) is 0 Å². The van der Waals surface area contributed by atoms with Crippen molar-refractivity contribution in [2.75, 3.05) is 6.54 Å². The molecule has 0 spiro atoms. The van der Waals surface area contributed by atoms with Gasteiger partial charge in [-0.05, 0) is 48.3 Å². The van der Waals surface area contributed by atoms with Crippen molar-refractivity contribution in [1.29, 1.82) is 0 Å². The molecule has 1 aromatic rings. The maximum Gasteiger partial charge on any atom is 0.0549 e. The summed E-state index contributed by atoms with van der Waals surface area (Å²) in [6.45, 7) is 5.89. The number of thiophene rings is 1. The SMILES string of the molecule is CCC(O)CCNCc1cc(Br)c(C)s1. The van der Waals surface area contributed by atoms with Gasteiger partial charge in [0.05, 0.1) is 6.10 Å². The van der Waals surface area contributed by atoms with Crippen LogP contribution in [-0.4, -0.2) is 17.8 Å². The fourth-order valence-corrected chi connectivity index (χ4v) is 2.86. The van der Waals surface area contributed by atoms with Crippen LogP contribution in [0.15, 0.2) is 10.5 Å². The van der Waals surface area contributed by atoms with Crippen LogP contribution in [0.5, 0.6) is 0 Å². The molecule has 0 aliphatic heterocycles. The predicted octanol–water partition coefficient (Wildman–Crippen LogP) is 3.07. The Morgan fingerprint density at radius 2 is 2.33 bits per heavy atom. The van der Waals surface area contributed by atoms with Crippen LogP contribution < -0.4 is 5.32 Å². The molecule has 2 nitrogen and oxygen atoms in total. The zero-order valence-corrected chi connectivity index (χ0v) is 11.6. The highest BCUT2D eigenvalue weighted by Crippen LogP contribution is 2.25.